The number of hydrogen-bond donors (Lipinski definition) is 1. The summed E-state index contributed by atoms with van der Waals surface area (Å²) in [5.74, 6) is 0.794. The number of carbonyl (C=O) groups excluding carboxylic acids is 1. The molecule has 0 radical (unpaired) electrons. The molecule has 3 saturated heterocycles. The molecule has 3 unspecified atom stereocenters. The first-order chi connectivity index (χ1) is 10.2. The molecule has 120 valence electrons. The summed E-state index contributed by atoms with van der Waals surface area (Å²) in [5.41, 5.74) is 0. The first-order valence-electron chi connectivity index (χ1n) is 8.60. The van der Waals surface area contributed by atoms with Crippen molar-refractivity contribution < 1.29 is 9.53 Å². The average Bonchev–Trinajstić information content (AvgIpc) is 3.07. The van der Waals surface area contributed by atoms with Crippen LogP contribution in [0.5, 0.6) is 0 Å². The van der Waals surface area contributed by atoms with Crippen LogP contribution < -0.4 is 5.32 Å². The van der Waals surface area contributed by atoms with E-state index in [1.165, 1.54) is 12.8 Å². The van der Waals surface area contributed by atoms with Crippen LogP contribution in [0.4, 0.5) is 0 Å². The minimum absolute atomic E-state index is 0.0507. The fourth-order valence-electron chi connectivity index (χ4n) is 3.81. The zero-order chi connectivity index (χ0) is 14.7. The zero-order valence-corrected chi connectivity index (χ0v) is 13.2. The summed E-state index contributed by atoms with van der Waals surface area (Å²) in [6.45, 7) is 9.00. The third-order valence-corrected chi connectivity index (χ3v) is 5.19. The topological polar surface area (TPSA) is 44.8 Å². The van der Waals surface area contributed by atoms with Gasteiger partial charge in [-0.25, -0.2) is 0 Å². The maximum absolute atomic E-state index is 12.6. The minimum atomic E-state index is 0.0507. The van der Waals surface area contributed by atoms with E-state index in [0.717, 1.165) is 58.7 Å². The average molecular weight is 295 g/mol. The van der Waals surface area contributed by atoms with Crippen molar-refractivity contribution in [3.63, 3.8) is 0 Å². The molecule has 3 atom stereocenters. The zero-order valence-electron chi connectivity index (χ0n) is 13.2. The summed E-state index contributed by atoms with van der Waals surface area (Å²) in [4.78, 5) is 17.2. The van der Waals surface area contributed by atoms with Crippen molar-refractivity contribution in [2.24, 2.45) is 5.92 Å². The van der Waals surface area contributed by atoms with E-state index < -0.39 is 0 Å². The summed E-state index contributed by atoms with van der Waals surface area (Å²) in [5, 5.41) is 3.37. The second-order valence-corrected chi connectivity index (χ2v) is 6.81. The molecular formula is C16H29N3O2. The Bertz CT molecular complexity index is 357. The third kappa shape index (κ3) is 3.76. The van der Waals surface area contributed by atoms with Gasteiger partial charge in [0, 0.05) is 32.8 Å². The van der Waals surface area contributed by atoms with Gasteiger partial charge in [-0.3, -0.25) is 9.69 Å². The van der Waals surface area contributed by atoms with Gasteiger partial charge in [-0.2, -0.15) is 0 Å². The monoisotopic (exact) mass is 295 g/mol. The van der Waals surface area contributed by atoms with E-state index in [1.807, 2.05) is 0 Å². The first-order valence-corrected chi connectivity index (χ1v) is 8.60. The Kier molecular flexibility index (Phi) is 5.14. The molecule has 5 nitrogen and oxygen atoms in total. The van der Waals surface area contributed by atoms with Gasteiger partial charge in [-0.15, -0.1) is 0 Å². The van der Waals surface area contributed by atoms with Crippen molar-refractivity contribution in [3.8, 4) is 0 Å². The quantitative estimate of drug-likeness (QED) is 0.832. The number of carbonyl (C=O) groups is 1. The Morgan fingerprint density at radius 3 is 2.81 bits per heavy atom. The summed E-state index contributed by atoms with van der Waals surface area (Å²) in [7, 11) is 0. The van der Waals surface area contributed by atoms with Gasteiger partial charge in [0.05, 0.1) is 12.1 Å². The van der Waals surface area contributed by atoms with Crippen LogP contribution in [-0.4, -0.2) is 73.7 Å². The lowest BCUT2D eigenvalue weighted by Crippen LogP contribution is -2.47. The van der Waals surface area contributed by atoms with Crippen LogP contribution >= 0.6 is 0 Å². The lowest BCUT2D eigenvalue weighted by atomic mass is 10.0. The van der Waals surface area contributed by atoms with E-state index in [1.54, 1.807) is 0 Å². The molecule has 3 aliphatic heterocycles. The van der Waals surface area contributed by atoms with Gasteiger partial charge < -0.3 is 15.0 Å². The van der Waals surface area contributed by atoms with Crippen LogP contribution in [0, 0.1) is 5.92 Å². The highest BCUT2D eigenvalue weighted by atomic mass is 16.5. The first kappa shape index (κ1) is 15.3. The van der Waals surface area contributed by atoms with Crippen molar-refractivity contribution in [1.82, 2.24) is 15.1 Å². The predicted molar refractivity (Wildman–Crippen MR) is 82.2 cm³/mol. The van der Waals surface area contributed by atoms with Crippen molar-refractivity contribution in [3.05, 3.63) is 0 Å². The van der Waals surface area contributed by atoms with Crippen LogP contribution in [0.15, 0.2) is 0 Å². The van der Waals surface area contributed by atoms with E-state index in [-0.39, 0.29) is 6.04 Å². The molecule has 0 aromatic carbocycles. The number of amides is 1. The van der Waals surface area contributed by atoms with E-state index in [2.05, 4.69) is 22.0 Å². The van der Waals surface area contributed by atoms with Gasteiger partial charge in [0.15, 0.2) is 0 Å². The molecule has 3 aliphatic rings. The smallest absolute Gasteiger partial charge is 0.240 e. The van der Waals surface area contributed by atoms with E-state index >= 15 is 0 Å². The lowest BCUT2D eigenvalue weighted by Gasteiger charge is -2.27. The molecule has 3 rings (SSSR count). The normalized spacial score (nSPS) is 35.1. The Morgan fingerprint density at radius 2 is 2.10 bits per heavy atom. The Labute approximate surface area is 128 Å². The van der Waals surface area contributed by atoms with E-state index in [0.29, 0.717) is 17.9 Å². The van der Waals surface area contributed by atoms with Gasteiger partial charge in [0.25, 0.3) is 0 Å². The van der Waals surface area contributed by atoms with Crippen molar-refractivity contribution in [1.29, 1.82) is 0 Å². The van der Waals surface area contributed by atoms with Gasteiger partial charge in [-0.1, -0.05) is 6.92 Å². The minimum Gasteiger partial charge on any atom is -0.377 e. The van der Waals surface area contributed by atoms with Crippen molar-refractivity contribution >= 4 is 5.91 Å². The molecule has 21 heavy (non-hydrogen) atoms. The molecule has 0 aromatic heterocycles. The largest absolute Gasteiger partial charge is 0.377 e. The van der Waals surface area contributed by atoms with Crippen LogP contribution in [-0.2, 0) is 9.53 Å². The third-order valence-electron chi connectivity index (χ3n) is 5.19. The van der Waals surface area contributed by atoms with Gasteiger partial charge >= 0.3 is 0 Å². The second kappa shape index (κ2) is 7.07. The molecular weight excluding hydrogens is 266 g/mol. The molecule has 3 heterocycles. The molecule has 0 saturated carbocycles. The van der Waals surface area contributed by atoms with Gasteiger partial charge in [0.2, 0.25) is 5.91 Å². The maximum Gasteiger partial charge on any atom is 0.240 e. The molecule has 1 N–H and O–H groups in total. The van der Waals surface area contributed by atoms with Crippen molar-refractivity contribution in [2.45, 2.75) is 44.8 Å². The molecule has 0 bridgehead atoms. The molecule has 0 spiro atoms. The van der Waals surface area contributed by atoms with Gasteiger partial charge in [0.1, 0.15) is 0 Å². The molecule has 3 fully saturated rings. The standard InChI is InChI=1S/C16H29N3O2/c1-13-5-6-17-15(13)16(20)19-8-3-7-18(9-10-19)12-14-4-2-11-21-14/h13-15,17H,2-12H2,1H3. The number of rotatable bonds is 3. The highest BCUT2D eigenvalue weighted by Crippen LogP contribution is 2.18. The number of ether oxygens (including phenoxy) is 1. The summed E-state index contributed by atoms with van der Waals surface area (Å²) in [6.07, 6.45) is 5.02. The predicted octanol–water partition coefficient (Wildman–Crippen LogP) is 0.698. The Balaban J connectivity index is 1.49. The Morgan fingerprint density at radius 1 is 1.19 bits per heavy atom. The summed E-state index contributed by atoms with van der Waals surface area (Å²) in [6, 6.07) is 0.0507. The van der Waals surface area contributed by atoms with Crippen LogP contribution in [0.2, 0.25) is 0 Å². The highest BCUT2D eigenvalue weighted by molar-refractivity contribution is 5.82. The fourth-order valence-corrected chi connectivity index (χ4v) is 3.81. The lowest BCUT2D eigenvalue weighted by molar-refractivity contribution is -0.133. The maximum atomic E-state index is 12.6. The molecule has 0 aromatic rings. The summed E-state index contributed by atoms with van der Waals surface area (Å²) < 4.78 is 5.73. The number of nitrogens with one attached hydrogen (secondary N) is 1. The van der Waals surface area contributed by atoms with Crippen LogP contribution in [0.1, 0.15) is 32.6 Å². The second-order valence-electron chi connectivity index (χ2n) is 6.81. The van der Waals surface area contributed by atoms with Crippen molar-refractivity contribution in [2.75, 3.05) is 45.9 Å². The molecule has 0 aliphatic carbocycles. The van der Waals surface area contributed by atoms with Gasteiger partial charge in [-0.05, 0) is 44.7 Å². The summed E-state index contributed by atoms with van der Waals surface area (Å²) >= 11 is 0. The number of hydrogen-bond acceptors (Lipinski definition) is 4. The SMILES string of the molecule is CC1CCNC1C(=O)N1CCCN(CC2CCCO2)CC1. The molecule has 1 amide bonds. The molecule has 5 heteroatoms. The Hall–Kier alpha value is -0.650. The highest BCUT2D eigenvalue weighted by Gasteiger charge is 2.33. The number of nitrogens with zero attached hydrogens (tertiary/aromatic N) is 2. The fraction of sp³-hybridized carbons (Fsp3) is 0.938. The van der Waals surface area contributed by atoms with Crippen LogP contribution in [0.25, 0.3) is 0 Å². The van der Waals surface area contributed by atoms with Crippen LogP contribution in [0.3, 0.4) is 0 Å². The van der Waals surface area contributed by atoms with E-state index in [9.17, 15) is 4.79 Å². The van der Waals surface area contributed by atoms with E-state index in [4.69, 9.17) is 4.74 Å².